The summed E-state index contributed by atoms with van der Waals surface area (Å²) in [6, 6.07) is 22.6. The number of ether oxygens (including phenoxy) is 2. The van der Waals surface area contributed by atoms with E-state index in [2.05, 4.69) is 5.32 Å². The Bertz CT molecular complexity index is 1050. The van der Waals surface area contributed by atoms with Crippen LogP contribution < -0.4 is 10.1 Å². The van der Waals surface area contributed by atoms with Crippen LogP contribution in [0.4, 0.5) is 5.69 Å². The molecule has 28 heavy (non-hydrogen) atoms. The first-order valence-electron chi connectivity index (χ1n) is 8.84. The second-order valence-electron chi connectivity index (χ2n) is 6.06. The molecule has 0 saturated carbocycles. The van der Waals surface area contributed by atoms with E-state index in [1.54, 1.807) is 19.3 Å². The minimum atomic E-state index is -0.454. The van der Waals surface area contributed by atoms with Crippen molar-refractivity contribution in [2.45, 2.75) is 0 Å². The topological polar surface area (TPSA) is 71.3 Å². The van der Waals surface area contributed by atoms with Gasteiger partial charge in [0.25, 0.3) is 5.91 Å². The molecule has 3 aromatic rings. The van der Waals surface area contributed by atoms with Gasteiger partial charge in [-0.1, -0.05) is 48.5 Å². The van der Waals surface area contributed by atoms with Crippen molar-refractivity contribution in [1.82, 2.24) is 0 Å². The van der Waals surface area contributed by atoms with Gasteiger partial charge >= 0.3 is 0 Å². The van der Waals surface area contributed by atoms with Gasteiger partial charge in [0.05, 0.1) is 6.61 Å². The van der Waals surface area contributed by atoms with Crippen LogP contribution in [0.1, 0.15) is 5.56 Å². The number of nitrogens with zero attached hydrogens (tertiary/aromatic N) is 1. The predicted octanol–water partition coefficient (Wildman–Crippen LogP) is 4.41. The van der Waals surface area contributed by atoms with Crippen molar-refractivity contribution in [1.29, 1.82) is 5.26 Å². The number of amides is 1. The summed E-state index contributed by atoms with van der Waals surface area (Å²) in [7, 11) is 1.61. The third-order valence-electron chi connectivity index (χ3n) is 4.13. The minimum Gasteiger partial charge on any atom is -0.491 e. The Labute approximate surface area is 163 Å². The monoisotopic (exact) mass is 372 g/mol. The number of anilines is 1. The maximum Gasteiger partial charge on any atom is 0.266 e. The zero-order valence-electron chi connectivity index (χ0n) is 15.5. The van der Waals surface area contributed by atoms with Crippen LogP contribution >= 0.6 is 0 Å². The van der Waals surface area contributed by atoms with Crippen LogP contribution in [0.15, 0.2) is 72.3 Å². The van der Waals surface area contributed by atoms with E-state index in [0.717, 1.165) is 10.8 Å². The molecule has 0 bridgehead atoms. The van der Waals surface area contributed by atoms with Crippen molar-refractivity contribution in [3.05, 3.63) is 77.9 Å². The van der Waals surface area contributed by atoms with E-state index in [1.807, 2.05) is 66.7 Å². The van der Waals surface area contributed by atoms with Gasteiger partial charge < -0.3 is 14.8 Å². The van der Waals surface area contributed by atoms with Gasteiger partial charge in [-0.05, 0) is 35.2 Å². The molecule has 0 heterocycles. The summed E-state index contributed by atoms with van der Waals surface area (Å²) in [6.07, 6.45) is 1.55. The van der Waals surface area contributed by atoms with Crippen LogP contribution in [0, 0.1) is 11.3 Å². The van der Waals surface area contributed by atoms with E-state index in [4.69, 9.17) is 9.47 Å². The van der Waals surface area contributed by atoms with Crippen molar-refractivity contribution in [3.63, 3.8) is 0 Å². The molecule has 5 nitrogen and oxygen atoms in total. The summed E-state index contributed by atoms with van der Waals surface area (Å²) >= 11 is 0. The molecule has 0 atom stereocenters. The summed E-state index contributed by atoms with van der Waals surface area (Å²) < 4.78 is 10.5. The van der Waals surface area contributed by atoms with E-state index in [9.17, 15) is 10.1 Å². The second-order valence-corrected chi connectivity index (χ2v) is 6.06. The highest BCUT2D eigenvalue weighted by molar-refractivity contribution is 6.12. The summed E-state index contributed by atoms with van der Waals surface area (Å²) in [4.78, 5) is 12.6. The number of hydrogen-bond acceptors (Lipinski definition) is 4. The number of carbonyl (C=O) groups is 1. The number of benzene rings is 3. The minimum absolute atomic E-state index is 0.0157. The highest BCUT2D eigenvalue weighted by Crippen LogP contribution is 2.24. The Kier molecular flexibility index (Phi) is 6.40. The predicted molar refractivity (Wildman–Crippen MR) is 110 cm³/mol. The molecule has 0 aliphatic heterocycles. The standard InChI is InChI=1S/C23H20N2O3/c1-27-12-13-28-20-9-4-6-17(15-20)14-19(16-24)23(26)25-22-11-5-8-18-7-2-3-10-21(18)22/h2-11,14-15H,12-13H2,1H3,(H,25,26)/b19-14+. The number of nitriles is 1. The van der Waals surface area contributed by atoms with Crippen molar-refractivity contribution >= 4 is 28.4 Å². The molecule has 1 amide bonds. The molecule has 3 rings (SSSR count). The van der Waals surface area contributed by atoms with Gasteiger partial charge in [0, 0.05) is 18.2 Å². The Morgan fingerprint density at radius 1 is 1.07 bits per heavy atom. The maximum absolute atomic E-state index is 12.6. The summed E-state index contributed by atoms with van der Waals surface area (Å²) in [6.45, 7) is 0.910. The molecular weight excluding hydrogens is 352 g/mol. The van der Waals surface area contributed by atoms with E-state index in [-0.39, 0.29) is 5.57 Å². The highest BCUT2D eigenvalue weighted by atomic mass is 16.5. The molecule has 3 aromatic carbocycles. The molecule has 0 aliphatic carbocycles. The lowest BCUT2D eigenvalue weighted by Gasteiger charge is -2.09. The third kappa shape index (κ3) is 4.76. The van der Waals surface area contributed by atoms with Gasteiger partial charge in [-0.3, -0.25) is 4.79 Å². The fourth-order valence-corrected chi connectivity index (χ4v) is 2.78. The zero-order chi connectivity index (χ0) is 19.8. The number of rotatable bonds is 7. The fraction of sp³-hybridized carbons (Fsp3) is 0.130. The summed E-state index contributed by atoms with van der Waals surface area (Å²) in [5.74, 6) is 0.196. The van der Waals surface area contributed by atoms with E-state index in [0.29, 0.717) is 30.2 Å². The largest absolute Gasteiger partial charge is 0.491 e. The van der Waals surface area contributed by atoms with E-state index >= 15 is 0 Å². The SMILES string of the molecule is COCCOc1cccc(/C=C(\C#N)C(=O)Nc2cccc3ccccc23)c1. The Balaban J connectivity index is 1.80. The van der Waals surface area contributed by atoms with Crippen LogP contribution in [-0.4, -0.2) is 26.2 Å². The maximum atomic E-state index is 12.6. The van der Waals surface area contributed by atoms with Gasteiger partial charge in [-0.15, -0.1) is 0 Å². The van der Waals surface area contributed by atoms with E-state index < -0.39 is 5.91 Å². The highest BCUT2D eigenvalue weighted by Gasteiger charge is 2.11. The summed E-state index contributed by atoms with van der Waals surface area (Å²) in [5.41, 5.74) is 1.39. The van der Waals surface area contributed by atoms with Crippen molar-refractivity contribution < 1.29 is 14.3 Å². The lowest BCUT2D eigenvalue weighted by molar-refractivity contribution is -0.112. The molecule has 0 saturated heterocycles. The van der Waals surface area contributed by atoms with Crippen LogP contribution in [0.25, 0.3) is 16.8 Å². The number of carbonyl (C=O) groups excluding carboxylic acids is 1. The fourth-order valence-electron chi connectivity index (χ4n) is 2.78. The molecule has 0 aliphatic rings. The van der Waals surface area contributed by atoms with Gasteiger partial charge in [0.2, 0.25) is 0 Å². The average molecular weight is 372 g/mol. The molecule has 0 radical (unpaired) electrons. The lowest BCUT2D eigenvalue weighted by Crippen LogP contribution is -2.13. The van der Waals surface area contributed by atoms with Gasteiger partial charge in [-0.25, -0.2) is 0 Å². The molecule has 0 aromatic heterocycles. The van der Waals surface area contributed by atoms with Gasteiger partial charge in [0.15, 0.2) is 0 Å². The molecule has 0 fully saturated rings. The van der Waals surface area contributed by atoms with Crippen LogP contribution in [0.2, 0.25) is 0 Å². The smallest absolute Gasteiger partial charge is 0.266 e. The molecule has 0 unspecified atom stereocenters. The molecule has 5 heteroatoms. The first kappa shape index (κ1) is 19.2. The normalized spacial score (nSPS) is 11.1. The van der Waals surface area contributed by atoms with Gasteiger partial charge in [0.1, 0.15) is 24.0 Å². The molecule has 0 spiro atoms. The van der Waals surface area contributed by atoms with E-state index in [1.165, 1.54) is 0 Å². The number of methoxy groups -OCH3 is 1. The van der Waals surface area contributed by atoms with Gasteiger partial charge in [-0.2, -0.15) is 5.26 Å². The number of nitrogens with one attached hydrogen (secondary N) is 1. The Morgan fingerprint density at radius 3 is 2.68 bits per heavy atom. The zero-order valence-corrected chi connectivity index (χ0v) is 15.5. The first-order chi connectivity index (χ1) is 13.7. The van der Waals surface area contributed by atoms with Crippen molar-refractivity contribution in [3.8, 4) is 11.8 Å². The second kappa shape index (κ2) is 9.36. The lowest BCUT2D eigenvalue weighted by atomic mass is 10.1. The Morgan fingerprint density at radius 2 is 1.86 bits per heavy atom. The average Bonchev–Trinajstić information content (AvgIpc) is 2.73. The third-order valence-corrected chi connectivity index (χ3v) is 4.13. The van der Waals surface area contributed by atoms with Crippen molar-refractivity contribution in [2.24, 2.45) is 0 Å². The molecule has 140 valence electrons. The first-order valence-corrected chi connectivity index (χ1v) is 8.84. The molecule has 1 N–H and O–H groups in total. The van der Waals surface area contributed by atoms with Crippen molar-refractivity contribution in [2.75, 3.05) is 25.6 Å². The van der Waals surface area contributed by atoms with Crippen LogP contribution in [-0.2, 0) is 9.53 Å². The van der Waals surface area contributed by atoms with Crippen LogP contribution in [0.3, 0.4) is 0 Å². The van der Waals surface area contributed by atoms with Crippen LogP contribution in [0.5, 0.6) is 5.75 Å². The Hall–Kier alpha value is -3.62. The summed E-state index contributed by atoms with van der Waals surface area (Å²) in [5, 5.41) is 14.2. The quantitative estimate of drug-likeness (QED) is 0.379. The number of hydrogen-bond donors (Lipinski definition) is 1. The number of fused-ring (bicyclic) bond motifs is 1. The molecular formula is C23H20N2O3.